The van der Waals surface area contributed by atoms with Crippen molar-refractivity contribution in [3.63, 3.8) is 0 Å². The van der Waals surface area contributed by atoms with E-state index in [0.717, 1.165) is 23.0 Å². The molecule has 0 atom stereocenters. The minimum Gasteiger partial charge on any atom is -0.296 e. The maximum absolute atomic E-state index is 12.3. The fraction of sp³-hybridized carbons (Fsp3) is 0.125. The summed E-state index contributed by atoms with van der Waals surface area (Å²) in [6.07, 6.45) is -2.34. The molecule has 0 saturated carbocycles. The molecule has 2 aromatic heterocycles. The molecule has 0 fully saturated rings. The number of nitrogens with zero attached hydrogens (tertiary/aromatic N) is 3. The Hall–Kier alpha value is -2.12. The van der Waals surface area contributed by atoms with E-state index in [1.165, 1.54) is 6.20 Å². The Balaban J connectivity index is 2.53. The van der Waals surface area contributed by atoms with Gasteiger partial charge in [0.15, 0.2) is 0 Å². The molecule has 0 spiro atoms. The number of hydrogen-bond acceptors (Lipinski definition) is 3. The van der Waals surface area contributed by atoms with Gasteiger partial charge in [-0.3, -0.25) is 9.89 Å². The van der Waals surface area contributed by atoms with Crippen LogP contribution in [0.2, 0.25) is 0 Å². The lowest BCUT2D eigenvalue weighted by Crippen LogP contribution is -2.19. The number of nitrogens with one attached hydrogen (secondary N) is 1. The molecule has 0 aliphatic rings. The highest BCUT2D eigenvalue weighted by Gasteiger charge is 2.33. The molecule has 5 nitrogen and oxygen atoms in total. The molecule has 0 bridgehead atoms. The molecule has 0 aromatic carbocycles. The average molecular weight is 230 g/mol. The van der Waals surface area contributed by atoms with Crippen molar-refractivity contribution in [2.75, 3.05) is 0 Å². The van der Waals surface area contributed by atoms with E-state index < -0.39 is 17.4 Å². The third-order valence-electron chi connectivity index (χ3n) is 1.78. The van der Waals surface area contributed by atoms with E-state index in [1.54, 1.807) is 0 Å². The van der Waals surface area contributed by atoms with Gasteiger partial charge in [0.05, 0.1) is 0 Å². The first-order valence-corrected chi connectivity index (χ1v) is 4.15. The van der Waals surface area contributed by atoms with Crippen LogP contribution in [0.5, 0.6) is 0 Å². The zero-order valence-electron chi connectivity index (χ0n) is 7.69. The normalized spacial score (nSPS) is 11.7. The summed E-state index contributed by atoms with van der Waals surface area (Å²) in [5, 5.41) is 2.41. The second-order valence-electron chi connectivity index (χ2n) is 2.88. The van der Waals surface area contributed by atoms with Gasteiger partial charge in [0.1, 0.15) is 5.69 Å². The van der Waals surface area contributed by atoms with E-state index in [-0.39, 0.29) is 5.95 Å². The van der Waals surface area contributed by atoms with Crippen LogP contribution in [0.1, 0.15) is 5.69 Å². The molecule has 84 valence electrons. The van der Waals surface area contributed by atoms with Crippen LogP contribution in [-0.2, 0) is 6.18 Å². The Morgan fingerprint density at radius 1 is 1.31 bits per heavy atom. The summed E-state index contributed by atoms with van der Waals surface area (Å²) >= 11 is 0. The van der Waals surface area contributed by atoms with Crippen molar-refractivity contribution < 1.29 is 13.2 Å². The molecule has 2 heterocycles. The first-order valence-electron chi connectivity index (χ1n) is 4.15. The molecule has 0 aliphatic heterocycles. The van der Waals surface area contributed by atoms with Crippen LogP contribution in [0.25, 0.3) is 5.95 Å². The highest BCUT2D eigenvalue weighted by atomic mass is 19.4. The van der Waals surface area contributed by atoms with Gasteiger partial charge < -0.3 is 0 Å². The lowest BCUT2D eigenvalue weighted by Gasteiger charge is -2.06. The van der Waals surface area contributed by atoms with Gasteiger partial charge in [-0.2, -0.15) is 17.9 Å². The molecule has 8 heteroatoms. The van der Waals surface area contributed by atoms with Crippen LogP contribution >= 0.6 is 0 Å². The highest BCUT2D eigenvalue weighted by molar-refractivity contribution is 5.15. The number of rotatable bonds is 1. The average Bonchev–Trinajstić information content (AvgIpc) is 2.63. The van der Waals surface area contributed by atoms with E-state index in [9.17, 15) is 18.0 Å². The summed E-state index contributed by atoms with van der Waals surface area (Å²) < 4.78 is 37.8. The van der Waals surface area contributed by atoms with Crippen LogP contribution in [-0.4, -0.2) is 19.7 Å². The Labute approximate surface area is 86.6 Å². The van der Waals surface area contributed by atoms with Gasteiger partial charge in [-0.15, -0.1) is 0 Å². The Morgan fingerprint density at radius 2 is 2.06 bits per heavy atom. The monoisotopic (exact) mass is 230 g/mol. The predicted octanol–water partition coefficient (Wildman–Crippen LogP) is 0.974. The number of aromatic nitrogens is 4. The second-order valence-corrected chi connectivity index (χ2v) is 2.88. The maximum Gasteiger partial charge on any atom is 0.433 e. The number of aromatic amines is 1. The fourth-order valence-corrected chi connectivity index (χ4v) is 1.09. The van der Waals surface area contributed by atoms with Crippen LogP contribution in [0.4, 0.5) is 13.2 Å². The number of alkyl halides is 3. The van der Waals surface area contributed by atoms with Crippen molar-refractivity contribution in [2.45, 2.75) is 6.18 Å². The van der Waals surface area contributed by atoms with Gasteiger partial charge in [0.2, 0.25) is 0 Å². The van der Waals surface area contributed by atoms with Crippen molar-refractivity contribution >= 4 is 0 Å². The minimum atomic E-state index is -4.56. The molecule has 2 aromatic rings. The lowest BCUT2D eigenvalue weighted by atomic mass is 10.4. The minimum absolute atomic E-state index is 0.343. The van der Waals surface area contributed by atoms with E-state index in [0.29, 0.717) is 0 Å². The third kappa shape index (κ3) is 1.81. The van der Waals surface area contributed by atoms with Gasteiger partial charge in [-0.25, -0.2) is 9.97 Å². The number of halogens is 3. The Kier molecular flexibility index (Phi) is 2.26. The molecule has 0 saturated heterocycles. The van der Waals surface area contributed by atoms with Crippen LogP contribution in [0, 0.1) is 0 Å². The van der Waals surface area contributed by atoms with Gasteiger partial charge >= 0.3 is 6.18 Å². The summed E-state index contributed by atoms with van der Waals surface area (Å²) in [5.74, 6) is -0.343. The lowest BCUT2D eigenvalue weighted by molar-refractivity contribution is -0.141. The second kappa shape index (κ2) is 3.47. The smallest absolute Gasteiger partial charge is 0.296 e. The molecule has 16 heavy (non-hydrogen) atoms. The van der Waals surface area contributed by atoms with Gasteiger partial charge in [0.25, 0.3) is 11.5 Å². The van der Waals surface area contributed by atoms with E-state index >= 15 is 0 Å². The summed E-state index contributed by atoms with van der Waals surface area (Å²) in [4.78, 5) is 18.0. The van der Waals surface area contributed by atoms with E-state index in [1.807, 2.05) is 0 Å². The summed E-state index contributed by atoms with van der Waals surface area (Å²) in [5.41, 5.74) is -1.63. The maximum atomic E-state index is 12.3. The first-order chi connectivity index (χ1) is 7.48. The van der Waals surface area contributed by atoms with E-state index in [4.69, 9.17) is 0 Å². The molecule has 0 amide bonds. The summed E-state index contributed by atoms with van der Waals surface area (Å²) in [7, 11) is 0. The highest BCUT2D eigenvalue weighted by Crippen LogP contribution is 2.27. The molecule has 1 N–H and O–H groups in total. The van der Waals surface area contributed by atoms with Gasteiger partial charge in [0, 0.05) is 18.5 Å². The Morgan fingerprint density at radius 3 is 2.62 bits per heavy atom. The van der Waals surface area contributed by atoms with Crippen LogP contribution in [0.3, 0.4) is 0 Å². The number of hydrogen-bond donors (Lipinski definition) is 1. The van der Waals surface area contributed by atoms with Crippen molar-refractivity contribution in [1.29, 1.82) is 0 Å². The van der Waals surface area contributed by atoms with E-state index in [2.05, 4.69) is 15.1 Å². The molecule has 0 aliphatic carbocycles. The molecular weight excluding hydrogens is 225 g/mol. The van der Waals surface area contributed by atoms with Crippen molar-refractivity contribution in [2.24, 2.45) is 0 Å². The molecular formula is C8H5F3N4O. The summed E-state index contributed by atoms with van der Waals surface area (Å²) in [6.45, 7) is 0. The van der Waals surface area contributed by atoms with Crippen molar-refractivity contribution in [1.82, 2.24) is 19.7 Å². The quantitative estimate of drug-likeness (QED) is 0.794. The molecule has 0 unspecified atom stereocenters. The molecule has 2 rings (SSSR count). The SMILES string of the molecule is O=c1cc[nH]n1-c1nccc(C(F)(F)F)n1. The summed E-state index contributed by atoms with van der Waals surface area (Å²) in [6, 6.07) is 1.89. The van der Waals surface area contributed by atoms with Gasteiger partial charge in [-0.05, 0) is 6.07 Å². The zero-order valence-corrected chi connectivity index (χ0v) is 7.69. The van der Waals surface area contributed by atoms with Crippen LogP contribution < -0.4 is 5.56 Å². The molecule has 0 radical (unpaired) electrons. The third-order valence-corrected chi connectivity index (χ3v) is 1.78. The standard InChI is InChI=1S/C8H5F3N4O/c9-8(10,11)5-1-3-12-7(14-5)15-6(16)2-4-13-15/h1-4,13H. The first kappa shape index (κ1) is 10.4. The largest absolute Gasteiger partial charge is 0.433 e. The Bertz CT molecular complexity index is 557. The predicted molar refractivity (Wildman–Crippen MR) is 47.0 cm³/mol. The van der Waals surface area contributed by atoms with Crippen LogP contribution in [0.15, 0.2) is 29.3 Å². The van der Waals surface area contributed by atoms with Crippen molar-refractivity contribution in [3.05, 3.63) is 40.6 Å². The van der Waals surface area contributed by atoms with Gasteiger partial charge in [-0.1, -0.05) is 0 Å². The zero-order chi connectivity index (χ0) is 11.8. The topological polar surface area (TPSA) is 63.6 Å². The van der Waals surface area contributed by atoms with Crippen molar-refractivity contribution in [3.8, 4) is 5.95 Å². The fourth-order valence-electron chi connectivity index (χ4n) is 1.09. The number of H-pyrrole nitrogens is 1.